The third-order valence-corrected chi connectivity index (χ3v) is 3.24. The van der Waals surface area contributed by atoms with Crippen LogP contribution in [-0.4, -0.2) is 21.9 Å². The highest BCUT2D eigenvalue weighted by Gasteiger charge is 2.17. The Bertz CT molecular complexity index is 611. The lowest BCUT2D eigenvalue weighted by Crippen LogP contribution is -2.35. The van der Waals surface area contributed by atoms with Crippen LogP contribution < -0.4 is 5.32 Å². The molecule has 2 rings (SSSR count). The molecule has 0 aliphatic heterocycles. The molecular weight excluding hydrogens is 290 g/mol. The molecule has 0 saturated carbocycles. The van der Waals surface area contributed by atoms with E-state index in [0.717, 1.165) is 5.76 Å². The summed E-state index contributed by atoms with van der Waals surface area (Å²) in [6, 6.07) is 3.61. The van der Waals surface area contributed by atoms with Crippen LogP contribution in [0.25, 0.3) is 0 Å². The number of carbonyl (C=O) groups is 1. The lowest BCUT2D eigenvalue weighted by molar-refractivity contribution is 0.0934. The Morgan fingerprint density at radius 3 is 2.81 bits per heavy atom. The first-order valence-electron chi connectivity index (χ1n) is 6.83. The third-order valence-electron chi connectivity index (χ3n) is 2.96. The molecular formula is C15H18ClN3O2. The van der Waals surface area contributed by atoms with E-state index in [4.69, 9.17) is 16.0 Å². The fourth-order valence-electron chi connectivity index (χ4n) is 1.89. The van der Waals surface area contributed by atoms with E-state index in [1.54, 1.807) is 6.26 Å². The van der Waals surface area contributed by atoms with E-state index in [1.165, 1.54) is 6.20 Å². The molecule has 0 fully saturated rings. The van der Waals surface area contributed by atoms with Crippen molar-refractivity contribution in [1.82, 2.24) is 15.3 Å². The van der Waals surface area contributed by atoms with Crippen LogP contribution in [0.1, 0.15) is 48.8 Å². The third kappa shape index (κ3) is 4.04. The van der Waals surface area contributed by atoms with E-state index in [2.05, 4.69) is 15.3 Å². The van der Waals surface area contributed by atoms with Gasteiger partial charge in [0, 0.05) is 18.4 Å². The van der Waals surface area contributed by atoms with Gasteiger partial charge in [0.25, 0.3) is 5.91 Å². The van der Waals surface area contributed by atoms with Crippen molar-refractivity contribution in [3.8, 4) is 0 Å². The van der Waals surface area contributed by atoms with Gasteiger partial charge in [-0.15, -0.1) is 0 Å². The van der Waals surface area contributed by atoms with Gasteiger partial charge in [-0.05, 0) is 19.1 Å². The number of hydrogen-bond acceptors (Lipinski definition) is 4. The highest BCUT2D eigenvalue weighted by atomic mass is 35.5. The molecule has 2 aromatic heterocycles. The van der Waals surface area contributed by atoms with Crippen LogP contribution in [0.4, 0.5) is 0 Å². The second kappa shape index (κ2) is 6.72. The van der Waals surface area contributed by atoms with Gasteiger partial charge in [0.15, 0.2) is 0 Å². The Kier molecular flexibility index (Phi) is 4.96. The average molecular weight is 308 g/mol. The molecule has 0 spiro atoms. The molecule has 1 N–H and O–H groups in total. The van der Waals surface area contributed by atoms with Crippen LogP contribution >= 0.6 is 11.6 Å². The number of halogens is 1. The zero-order chi connectivity index (χ0) is 15.4. The molecule has 0 aromatic carbocycles. The van der Waals surface area contributed by atoms with Crippen molar-refractivity contribution in [2.75, 3.05) is 0 Å². The van der Waals surface area contributed by atoms with E-state index in [0.29, 0.717) is 12.2 Å². The first kappa shape index (κ1) is 15.5. The summed E-state index contributed by atoms with van der Waals surface area (Å²) in [7, 11) is 0. The smallest absolute Gasteiger partial charge is 0.271 e. The summed E-state index contributed by atoms with van der Waals surface area (Å²) >= 11 is 6.02. The summed E-state index contributed by atoms with van der Waals surface area (Å²) in [5, 5.41) is 3.12. The summed E-state index contributed by atoms with van der Waals surface area (Å²) < 4.78 is 5.26. The largest absolute Gasteiger partial charge is 0.469 e. The topological polar surface area (TPSA) is 68.0 Å². The zero-order valence-corrected chi connectivity index (χ0v) is 13.0. The van der Waals surface area contributed by atoms with E-state index >= 15 is 0 Å². The minimum Gasteiger partial charge on any atom is -0.469 e. The van der Waals surface area contributed by atoms with Crippen LogP contribution in [0.5, 0.6) is 0 Å². The number of amides is 1. The molecule has 1 atom stereocenters. The lowest BCUT2D eigenvalue weighted by atomic mass is 10.2. The molecule has 5 nitrogen and oxygen atoms in total. The Morgan fingerprint density at radius 1 is 1.43 bits per heavy atom. The Morgan fingerprint density at radius 2 is 2.19 bits per heavy atom. The summed E-state index contributed by atoms with van der Waals surface area (Å²) in [6.07, 6.45) is 3.69. The summed E-state index contributed by atoms with van der Waals surface area (Å²) in [4.78, 5) is 20.6. The van der Waals surface area contributed by atoms with Crippen LogP contribution in [0, 0.1) is 0 Å². The van der Waals surface area contributed by atoms with Crippen LogP contribution in [0.15, 0.2) is 29.0 Å². The van der Waals surface area contributed by atoms with E-state index < -0.39 is 0 Å². The average Bonchev–Trinajstić information content (AvgIpc) is 2.91. The maximum atomic E-state index is 12.3. The maximum Gasteiger partial charge on any atom is 0.271 e. The highest BCUT2D eigenvalue weighted by molar-refractivity contribution is 6.33. The number of hydrogen-bond donors (Lipinski definition) is 1. The van der Waals surface area contributed by atoms with Crippen molar-refractivity contribution in [3.05, 3.63) is 46.9 Å². The first-order valence-corrected chi connectivity index (χ1v) is 7.21. The van der Waals surface area contributed by atoms with Gasteiger partial charge in [0.2, 0.25) is 0 Å². The number of carbonyl (C=O) groups excluding carboxylic acids is 1. The fourth-order valence-corrected chi connectivity index (χ4v) is 2.07. The van der Waals surface area contributed by atoms with Crippen LogP contribution in [0.2, 0.25) is 5.02 Å². The minimum atomic E-state index is -0.302. The van der Waals surface area contributed by atoms with Crippen molar-refractivity contribution in [2.24, 2.45) is 0 Å². The van der Waals surface area contributed by atoms with Crippen molar-refractivity contribution in [3.63, 3.8) is 0 Å². The highest BCUT2D eigenvalue weighted by Crippen LogP contribution is 2.16. The van der Waals surface area contributed by atoms with E-state index in [-0.39, 0.29) is 28.6 Å². The molecule has 1 amide bonds. The monoisotopic (exact) mass is 307 g/mol. The normalized spacial score (nSPS) is 12.4. The molecule has 1 unspecified atom stereocenters. The second-order valence-corrected chi connectivity index (χ2v) is 5.64. The number of rotatable bonds is 5. The van der Waals surface area contributed by atoms with Gasteiger partial charge in [-0.3, -0.25) is 4.79 Å². The number of nitrogens with zero attached hydrogens (tertiary/aromatic N) is 2. The molecule has 2 heterocycles. The molecule has 0 radical (unpaired) electrons. The molecule has 0 saturated heterocycles. The number of furan rings is 1. The molecule has 0 aliphatic carbocycles. The van der Waals surface area contributed by atoms with Crippen molar-refractivity contribution in [1.29, 1.82) is 0 Å². The molecule has 21 heavy (non-hydrogen) atoms. The molecule has 2 aromatic rings. The van der Waals surface area contributed by atoms with Crippen molar-refractivity contribution in [2.45, 2.75) is 39.2 Å². The Balaban J connectivity index is 2.07. The van der Waals surface area contributed by atoms with Gasteiger partial charge in [0.05, 0.1) is 17.5 Å². The minimum absolute atomic E-state index is 0.0859. The van der Waals surface area contributed by atoms with Crippen molar-refractivity contribution < 1.29 is 9.21 Å². The maximum absolute atomic E-state index is 12.3. The van der Waals surface area contributed by atoms with Gasteiger partial charge >= 0.3 is 0 Å². The van der Waals surface area contributed by atoms with Gasteiger partial charge in [-0.2, -0.15) is 0 Å². The van der Waals surface area contributed by atoms with Crippen LogP contribution in [-0.2, 0) is 6.42 Å². The number of nitrogens with one attached hydrogen (secondary N) is 1. The molecule has 0 bridgehead atoms. The van der Waals surface area contributed by atoms with Gasteiger partial charge in [-0.1, -0.05) is 25.4 Å². The van der Waals surface area contributed by atoms with Crippen LogP contribution in [0.3, 0.4) is 0 Å². The van der Waals surface area contributed by atoms with Crippen molar-refractivity contribution >= 4 is 17.5 Å². The van der Waals surface area contributed by atoms with E-state index in [1.807, 2.05) is 32.9 Å². The summed E-state index contributed by atoms with van der Waals surface area (Å²) in [6.45, 7) is 5.83. The zero-order valence-electron chi connectivity index (χ0n) is 12.3. The van der Waals surface area contributed by atoms with Gasteiger partial charge in [-0.25, -0.2) is 9.97 Å². The SMILES string of the molecule is CC(Cc1ccco1)NC(=O)c1nc(C(C)C)ncc1Cl. The predicted molar refractivity (Wildman–Crippen MR) is 80.5 cm³/mol. The molecule has 0 aliphatic rings. The van der Waals surface area contributed by atoms with Gasteiger partial charge < -0.3 is 9.73 Å². The molecule has 112 valence electrons. The summed E-state index contributed by atoms with van der Waals surface area (Å²) in [5.74, 6) is 1.25. The quantitative estimate of drug-likeness (QED) is 0.921. The standard InChI is InChI=1S/C15H18ClN3O2/c1-9(2)14-17-8-12(16)13(19-14)15(20)18-10(3)7-11-5-4-6-21-11/h4-6,8-10H,7H2,1-3H3,(H,18,20). The van der Waals surface area contributed by atoms with Gasteiger partial charge in [0.1, 0.15) is 17.3 Å². The Hall–Kier alpha value is -1.88. The first-order chi connectivity index (χ1) is 9.97. The second-order valence-electron chi connectivity index (χ2n) is 5.24. The predicted octanol–water partition coefficient (Wildman–Crippen LogP) is 3.21. The fraction of sp³-hybridized carbons (Fsp3) is 0.400. The van der Waals surface area contributed by atoms with E-state index in [9.17, 15) is 4.79 Å². The lowest BCUT2D eigenvalue weighted by Gasteiger charge is -2.13. The Labute approximate surface area is 128 Å². The number of aromatic nitrogens is 2. The molecule has 6 heteroatoms. The summed E-state index contributed by atoms with van der Waals surface area (Å²) in [5.41, 5.74) is 0.210.